The van der Waals surface area contributed by atoms with E-state index in [1.165, 1.54) is 6.33 Å². The van der Waals surface area contributed by atoms with Crippen LogP contribution in [-0.4, -0.2) is 46.7 Å². The fraction of sp³-hybridized carbons (Fsp3) is 0.818. The Labute approximate surface area is 176 Å². The largest absolute Gasteiger partial charge is 0.393 e. The van der Waals surface area contributed by atoms with Crippen molar-refractivity contribution in [2.75, 3.05) is 29.9 Å². The second-order valence-corrected chi connectivity index (χ2v) is 9.50. The Kier molecular flexibility index (Phi) is 6.15. The lowest BCUT2D eigenvalue weighted by molar-refractivity contribution is 0.0411. The number of hydrogen-bond donors (Lipinski definition) is 2. The predicted molar refractivity (Wildman–Crippen MR) is 110 cm³/mol. The van der Waals surface area contributed by atoms with Crippen LogP contribution in [0.1, 0.15) is 64.7 Å². The van der Waals surface area contributed by atoms with Gasteiger partial charge < -0.3 is 15.3 Å². The van der Waals surface area contributed by atoms with Crippen LogP contribution in [0.2, 0.25) is 0 Å². The van der Waals surface area contributed by atoms with Gasteiger partial charge in [-0.2, -0.15) is 4.39 Å². The molecule has 0 radical (unpaired) electrons. The van der Waals surface area contributed by atoms with Crippen LogP contribution < -0.4 is 10.2 Å². The molecule has 1 spiro atoms. The number of aliphatic hydroxyl groups is 1. The lowest BCUT2D eigenvalue weighted by Crippen LogP contribution is -2.34. The average Bonchev–Trinajstić information content (AvgIpc) is 3.27. The highest BCUT2D eigenvalue weighted by atomic mass is 19.3. The zero-order valence-electron chi connectivity index (χ0n) is 17.7. The summed E-state index contributed by atoms with van der Waals surface area (Å²) in [4.78, 5) is 10.1. The summed E-state index contributed by atoms with van der Waals surface area (Å²) in [5.74, 6) is -2.16. The van der Waals surface area contributed by atoms with Gasteiger partial charge in [0.1, 0.15) is 6.33 Å². The van der Waals surface area contributed by atoms with E-state index < -0.39 is 17.2 Å². The van der Waals surface area contributed by atoms with Crippen molar-refractivity contribution in [2.24, 2.45) is 17.3 Å². The minimum Gasteiger partial charge on any atom is -0.393 e. The number of anilines is 2. The molecular weight excluding hydrogens is 393 g/mol. The van der Waals surface area contributed by atoms with Gasteiger partial charge in [0.2, 0.25) is 5.82 Å². The number of nitrogens with one attached hydrogen (secondary N) is 1. The Morgan fingerprint density at radius 3 is 2.50 bits per heavy atom. The van der Waals surface area contributed by atoms with E-state index in [4.69, 9.17) is 0 Å². The minimum atomic E-state index is -2.48. The molecule has 5 nitrogen and oxygen atoms in total. The lowest BCUT2D eigenvalue weighted by Gasteiger charge is -2.33. The maximum absolute atomic E-state index is 15.2. The Bertz CT molecular complexity index is 739. The molecule has 0 bridgehead atoms. The summed E-state index contributed by atoms with van der Waals surface area (Å²) in [6.45, 7) is 3.64. The van der Waals surface area contributed by atoms with E-state index in [9.17, 15) is 13.9 Å². The monoisotopic (exact) mass is 426 g/mol. The fourth-order valence-corrected chi connectivity index (χ4v) is 5.37. The first kappa shape index (κ1) is 21.7. The summed E-state index contributed by atoms with van der Waals surface area (Å²) < 4.78 is 42.4. The molecule has 0 saturated heterocycles. The number of rotatable bonds is 7. The van der Waals surface area contributed by atoms with Crippen LogP contribution in [0.3, 0.4) is 0 Å². The number of alkyl halides is 2. The first-order valence-corrected chi connectivity index (χ1v) is 11.4. The molecule has 2 N–H and O–H groups in total. The van der Waals surface area contributed by atoms with Crippen LogP contribution >= 0.6 is 0 Å². The van der Waals surface area contributed by atoms with Crippen molar-refractivity contribution in [1.29, 1.82) is 0 Å². The van der Waals surface area contributed by atoms with Crippen molar-refractivity contribution in [3.05, 3.63) is 12.1 Å². The first-order valence-electron chi connectivity index (χ1n) is 11.4. The highest BCUT2D eigenvalue weighted by Crippen LogP contribution is 2.67. The molecule has 3 aliphatic rings. The van der Waals surface area contributed by atoms with Crippen LogP contribution in [0, 0.1) is 23.1 Å². The molecule has 4 rings (SSSR count). The van der Waals surface area contributed by atoms with Crippen molar-refractivity contribution >= 4 is 11.6 Å². The maximum Gasteiger partial charge on any atom is 0.254 e. The predicted octanol–water partition coefficient (Wildman–Crippen LogP) is 4.62. The molecule has 168 valence electrons. The van der Waals surface area contributed by atoms with E-state index in [1.807, 2.05) is 11.8 Å². The number of halogens is 3. The molecule has 8 heteroatoms. The third kappa shape index (κ3) is 4.25. The van der Waals surface area contributed by atoms with Gasteiger partial charge in [-0.3, -0.25) is 0 Å². The van der Waals surface area contributed by atoms with Gasteiger partial charge in [0.05, 0.1) is 6.10 Å². The van der Waals surface area contributed by atoms with Crippen LogP contribution in [-0.2, 0) is 0 Å². The minimum absolute atomic E-state index is 0.0372. The second kappa shape index (κ2) is 8.52. The van der Waals surface area contributed by atoms with E-state index in [0.717, 1.165) is 38.5 Å². The molecule has 1 heterocycles. The number of aliphatic hydroxyl groups excluding tert-OH is 1. The molecule has 1 aromatic heterocycles. The van der Waals surface area contributed by atoms with Crippen molar-refractivity contribution in [3.8, 4) is 0 Å². The third-order valence-electron chi connectivity index (χ3n) is 7.61. The number of nitrogens with zero attached hydrogens (tertiary/aromatic N) is 3. The smallest absolute Gasteiger partial charge is 0.254 e. The Hall–Kier alpha value is -1.57. The molecule has 3 fully saturated rings. The quantitative estimate of drug-likeness (QED) is 0.666. The van der Waals surface area contributed by atoms with Crippen LogP contribution in [0.4, 0.5) is 24.8 Å². The Morgan fingerprint density at radius 1 is 1.17 bits per heavy atom. The second-order valence-electron chi connectivity index (χ2n) is 9.50. The van der Waals surface area contributed by atoms with Crippen molar-refractivity contribution in [3.63, 3.8) is 0 Å². The summed E-state index contributed by atoms with van der Waals surface area (Å²) in [6, 6.07) is 0. The summed E-state index contributed by atoms with van der Waals surface area (Å²) in [5, 5.41) is 13.2. The van der Waals surface area contributed by atoms with Crippen molar-refractivity contribution < 1.29 is 18.3 Å². The van der Waals surface area contributed by atoms with Gasteiger partial charge in [0.15, 0.2) is 11.6 Å². The maximum atomic E-state index is 15.2. The molecule has 3 saturated carbocycles. The van der Waals surface area contributed by atoms with Gasteiger partial charge in [-0.05, 0) is 51.4 Å². The summed E-state index contributed by atoms with van der Waals surface area (Å²) in [5.41, 5.74) is -0.749. The molecule has 0 aromatic carbocycles. The van der Waals surface area contributed by atoms with Crippen molar-refractivity contribution in [2.45, 2.75) is 76.7 Å². The van der Waals surface area contributed by atoms with Gasteiger partial charge >= 0.3 is 0 Å². The zero-order valence-corrected chi connectivity index (χ0v) is 17.7. The molecule has 2 atom stereocenters. The lowest BCUT2D eigenvalue weighted by atomic mass is 9.79. The van der Waals surface area contributed by atoms with Gasteiger partial charge in [-0.15, -0.1) is 0 Å². The van der Waals surface area contributed by atoms with E-state index >= 15 is 4.39 Å². The van der Waals surface area contributed by atoms with E-state index in [2.05, 4.69) is 15.3 Å². The summed E-state index contributed by atoms with van der Waals surface area (Å²) >= 11 is 0. The average molecular weight is 427 g/mol. The fourth-order valence-electron chi connectivity index (χ4n) is 5.37. The van der Waals surface area contributed by atoms with Gasteiger partial charge in [-0.25, -0.2) is 18.7 Å². The van der Waals surface area contributed by atoms with E-state index in [0.29, 0.717) is 32.5 Å². The van der Waals surface area contributed by atoms with Crippen LogP contribution in [0.5, 0.6) is 0 Å². The molecule has 1 aromatic rings. The van der Waals surface area contributed by atoms with Gasteiger partial charge in [0, 0.05) is 37.4 Å². The summed E-state index contributed by atoms with van der Waals surface area (Å²) in [7, 11) is 0. The highest BCUT2D eigenvalue weighted by molar-refractivity contribution is 5.50. The van der Waals surface area contributed by atoms with Crippen LogP contribution in [0.25, 0.3) is 0 Å². The Morgan fingerprint density at radius 2 is 1.87 bits per heavy atom. The molecule has 0 unspecified atom stereocenters. The molecule has 30 heavy (non-hydrogen) atoms. The normalized spacial score (nSPS) is 32.8. The highest BCUT2D eigenvalue weighted by Gasteiger charge is 2.70. The first-order chi connectivity index (χ1) is 14.4. The SMILES string of the molecule is CCN(CC1CCC2(CC1)CC2(F)F)c1ncnc(NC[C@@H]2CCCC[C@H]2O)c1F. The molecule has 0 aliphatic heterocycles. The third-order valence-corrected chi connectivity index (χ3v) is 7.61. The number of hydrogen-bond acceptors (Lipinski definition) is 5. The van der Waals surface area contributed by atoms with Gasteiger partial charge in [0.25, 0.3) is 5.92 Å². The van der Waals surface area contributed by atoms with E-state index in [-0.39, 0.29) is 36.0 Å². The van der Waals surface area contributed by atoms with E-state index in [1.54, 1.807) is 0 Å². The standard InChI is InChI=1S/C22H33F3N4O/c1-2-29(12-15-7-9-21(10-8-15)13-22(21,24)25)20-18(23)19(27-14-28-20)26-11-16-5-3-4-6-17(16)30/h14-17,30H,2-13H2,1H3,(H,26,27,28)/t15?,16-,17+,21?/m0/s1. The number of aromatic nitrogens is 2. The van der Waals surface area contributed by atoms with Gasteiger partial charge in [-0.1, -0.05) is 12.8 Å². The topological polar surface area (TPSA) is 61.3 Å². The molecule has 3 aliphatic carbocycles. The molecule has 0 amide bonds. The zero-order chi connectivity index (χ0) is 21.4. The molecular formula is C22H33F3N4O. The van der Waals surface area contributed by atoms with Crippen LogP contribution in [0.15, 0.2) is 6.33 Å². The van der Waals surface area contributed by atoms with Crippen molar-refractivity contribution in [1.82, 2.24) is 9.97 Å². The Balaban J connectivity index is 1.36. The summed E-state index contributed by atoms with van der Waals surface area (Å²) in [6.07, 6.45) is 7.52.